The summed E-state index contributed by atoms with van der Waals surface area (Å²) in [6.45, 7) is 4.89. The first-order valence-electron chi connectivity index (χ1n) is 5.81. The zero-order chi connectivity index (χ0) is 12.8. The van der Waals surface area contributed by atoms with Crippen LogP contribution in [0.2, 0.25) is 0 Å². The third-order valence-electron chi connectivity index (χ3n) is 2.89. The van der Waals surface area contributed by atoms with Gasteiger partial charge in [0.05, 0.1) is 6.04 Å². The Kier molecular flexibility index (Phi) is 4.97. The molecule has 0 saturated carbocycles. The van der Waals surface area contributed by atoms with Crippen LogP contribution in [0.1, 0.15) is 24.5 Å². The Bertz CT molecular complexity index is 390. The van der Waals surface area contributed by atoms with Gasteiger partial charge in [-0.05, 0) is 26.0 Å². The molecule has 3 N–H and O–H groups in total. The Morgan fingerprint density at radius 1 is 1.53 bits per heavy atom. The van der Waals surface area contributed by atoms with Gasteiger partial charge in [0, 0.05) is 6.54 Å². The van der Waals surface area contributed by atoms with Gasteiger partial charge in [-0.25, -0.2) is 0 Å². The molecule has 4 nitrogen and oxygen atoms in total. The number of aryl methyl sites for hydroxylation is 1. The molecule has 0 fully saturated rings. The lowest BCUT2D eigenvalue weighted by molar-refractivity contribution is 0.264. The molecule has 0 aliphatic heterocycles. The van der Waals surface area contributed by atoms with E-state index in [0.717, 1.165) is 13.0 Å². The molecular weight excluding hydrogens is 214 g/mol. The highest BCUT2D eigenvalue weighted by Gasteiger charge is 2.17. The molecule has 0 amide bonds. The molecule has 0 heterocycles. The van der Waals surface area contributed by atoms with Crippen molar-refractivity contribution in [3.8, 4) is 0 Å². The molecule has 4 heteroatoms. The molecule has 17 heavy (non-hydrogen) atoms. The van der Waals surface area contributed by atoms with Crippen molar-refractivity contribution in [1.82, 2.24) is 4.90 Å². The molecule has 0 radical (unpaired) electrons. The van der Waals surface area contributed by atoms with Gasteiger partial charge in [-0.3, -0.25) is 4.90 Å². The number of oxime groups is 1. The van der Waals surface area contributed by atoms with Crippen LogP contribution < -0.4 is 5.73 Å². The molecule has 1 aromatic rings. The second kappa shape index (κ2) is 6.25. The summed E-state index contributed by atoms with van der Waals surface area (Å²) in [5, 5.41) is 11.8. The summed E-state index contributed by atoms with van der Waals surface area (Å²) in [6, 6.07) is 8.33. The fraction of sp³-hybridized carbons (Fsp3) is 0.462. The van der Waals surface area contributed by atoms with Crippen molar-refractivity contribution >= 4 is 5.84 Å². The lowest BCUT2D eigenvalue weighted by atomic mass is 10.1. The van der Waals surface area contributed by atoms with E-state index in [0.29, 0.717) is 0 Å². The molecule has 0 bridgehead atoms. The van der Waals surface area contributed by atoms with Crippen LogP contribution in [0.5, 0.6) is 0 Å². The smallest absolute Gasteiger partial charge is 0.156 e. The van der Waals surface area contributed by atoms with Crippen molar-refractivity contribution < 1.29 is 5.21 Å². The van der Waals surface area contributed by atoms with Gasteiger partial charge in [0.25, 0.3) is 0 Å². The van der Waals surface area contributed by atoms with E-state index in [1.54, 1.807) is 0 Å². The summed E-state index contributed by atoms with van der Waals surface area (Å²) in [5.74, 6) is 0.266. The topological polar surface area (TPSA) is 61.9 Å². The van der Waals surface area contributed by atoms with Crippen LogP contribution in [0.25, 0.3) is 0 Å². The molecule has 1 aromatic carbocycles. The number of likely N-dealkylation sites (N-methyl/N-ethyl adjacent to an activating group) is 1. The number of hydrogen-bond acceptors (Lipinski definition) is 3. The summed E-state index contributed by atoms with van der Waals surface area (Å²) < 4.78 is 0. The van der Waals surface area contributed by atoms with Crippen LogP contribution in [-0.2, 0) is 6.54 Å². The maximum Gasteiger partial charge on any atom is 0.156 e. The summed E-state index contributed by atoms with van der Waals surface area (Å²) in [5.41, 5.74) is 8.15. The Hall–Kier alpha value is -1.55. The maximum atomic E-state index is 8.73. The zero-order valence-corrected chi connectivity index (χ0v) is 10.7. The maximum absolute atomic E-state index is 8.73. The van der Waals surface area contributed by atoms with Crippen LogP contribution >= 0.6 is 0 Å². The Morgan fingerprint density at radius 2 is 2.24 bits per heavy atom. The molecule has 0 saturated heterocycles. The normalized spacial score (nSPS) is 14.0. The van der Waals surface area contributed by atoms with E-state index in [2.05, 4.69) is 35.2 Å². The number of nitrogens with two attached hydrogens (primary N) is 1. The van der Waals surface area contributed by atoms with E-state index in [1.807, 2.05) is 20.0 Å². The third kappa shape index (κ3) is 3.75. The van der Waals surface area contributed by atoms with E-state index in [1.165, 1.54) is 11.1 Å². The number of hydrogen-bond donors (Lipinski definition) is 2. The molecule has 1 atom stereocenters. The zero-order valence-electron chi connectivity index (χ0n) is 10.7. The minimum atomic E-state index is -0.0273. The van der Waals surface area contributed by atoms with Crippen LogP contribution in [0, 0.1) is 6.92 Å². The third-order valence-corrected chi connectivity index (χ3v) is 2.89. The van der Waals surface area contributed by atoms with Crippen molar-refractivity contribution in [2.45, 2.75) is 32.9 Å². The number of rotatable bonds is 5. The van der Waals surface area contributed by atoms with Gasteiger partial charge in [-0.2, -0.15) is 0 Å². The highest BCUT2D eigenvalue weighted by atomic mass is 16.4. The second-order valence-corrected chi connectivity index (χ2v) is 4.35. The van der Waals surface area contributed by atoms with Gasteiger partial charge in [0.1, 0.15) is 0 Å². The van der Waals surface area contributed by atoms with E-state index in [4.69, 9.17) is 10.9 Å². The summed E-state index contributed by atoms with van der Waals surface area (Å²) in [4.78, 5) is 2.09. The van der Waals surface area contributed by atoms with Crippen LogP contribution in [0.4, 0.5) is 0 Å². The average Bonchev–Trinajstić information content (AvgIpc) is 2.29. The van der Waals surface area contributed by atoms with E-state index in [-0.39, 0.29) is 11.9 Å². The summed E-state index contributed by atoms with van der Waals surface area (Å²) in [6.07, 6.45) is 0.818. The van der Waals surface area contributed by atoms with Crippen LogP contribution in [-0.4, -0.2) is 29.0 Å². The predicted octanol–water partition coefficient (Wildman–Crippen LogP) is 1.95. The summed E-state index contributed by atoms with van der Waals surface area (Å²) in [7, 11) is 1.98. The van der Waals surface area contributed by atoms with Gasteiger partial charge in [-0.1, -0.05) is 41.9 Å². The van der Waals surface area contributed by atoms with Crippen molar-refractivity contribution in [3.05, 3.63) is 35.4 Å². The minimum Gasteiger partial charge on any atom is -0.409 e. The quantitative estimate of drug-likeness (QED) is 0.355. The Balaban J connectivity index is 2.73. The fourth-order valence-corrected chi connectivity index (χ4v) is 2.02. The Labute approximate surface area is 103 Å². The molecule has 94 valence electrons. The van der Waals surface area contributed by atoms with E-state index < -0.39 is 0 Å². The predicted molar refractivity (Wildman–Crippen MR) is 70.1 cm³/mol. The molecule has 0 aromatic heterocycles. The SMILES string of the molecule is CCC(C(N)=NO)N(C)Cc1cccc(C)c1. The average molecular weight is 235 g/mol. The van der Waals surface area contributed by atoms with Gasteiger partial charge in [-0.15, -0.1) is 0 Å². The first-order chi connectivity index (χ1) is 8.08. The van der Waals surface area contributed by atoms with Crippen LogP contribution in [0.3, 0.4) is 0 Å². The first-order valence-corrected chi connectivity index (χ1v) is 5.81. The monoisotopic (exact) mass is 235 g/mol. The Morgan fingerprint density at radius 3 is 2.76 bits per heavy atom. The lowest BCUT2D eigenvalue weighted by Crippen LogP contribution is -2.41. The second-order valence-electron chi connectivity index (χ2n) is 4.35. The molecule has 1 unspecified atom stereocenters. The first kappa shape index (κ1) is 13.5. The summed E-state index contributed by atoms with van der Waals surface area (Å²) >= 11 is 0. The lowest BCUT2D eigenvalue weighted by Gasteiger charge is -2.26. The van der Waals surface area contributed by atoms with Gasteiger partial charge < -0.3 is 10.9 Å². The van der Waals surface area contributed by atoms with E-state index >= 15 is 0 Å². The van der Waals surface area contributed by atoms with Gasteiger partial charge in [0.15, 0.2) is 5.84 Å². The fourth-order valence-electron chi connectivity index (χ4n) is 2.02. The molecule has 0 aliphatic carbocycles. The van der Waals surface area contributed by atoms with Crippen molar-refractivity contribution in [1.29, 1.82) is 0 Å². The number of amidine groups is 1. The number of benzene rings is 1. The van der Waals surface area contributed by atoms with Gasteiger partial charge in [0.2, 0.25) is 0 Å². The van der Waals surface area contributed by atoms with E-state index in [9.17, 15) is 0 Å². The van der Waals surface area contributed by atoms with Crippen LogP contribution in [0.15, 0.2) is 29.4 Å². The molecule has 0 spiro atoms. The number of nitrogens with zero attached hydrogens (tertiary/aromatic N) is 2. The standard InChI is InChI=1S/C13H21N3O/c1-4-12(13(14)15-17)16(3)9-11-7-5-6-10(2)8-11/h5-8,12,17H,4,9H2,1-3H3,(H2,14,15). The molecule has 0 aliphatic rings. The highest BCUT2D eigenvalue weighted by Crippen LogP contribution is 2.10. The van der Waals surface area contributed by atoms with Crippen molar-refractivity contribution in [2.24, 2.45) is 10.9 Å². The molecular formula is C13H21N3O. The largest absolute Gasteiger partial charge is 0.409 e. The van der Waals surface area contributed by atoms with Crippen molar-refractivity contribution in [3.63, 3.8) is 0 Å². The van der Waals surface area contributed by atoms with Gasteiger partial charge >= 0.3 is 0 Å². The minimum absolute atomic E-state index is 0.0273. The highest BCUT2D eigenvalue weighted by molar-refractivity contribution is 5.85. The molecule has 1 rings (SSSR count). The van der Waals surface area contributed by atoms with Crippen molar-refractivity contribution in [2.75, 3.05) is 7.05 Å².